The molecule has 0 bridgehead atoms. The molecule has 0 radical (unpaired) electrons. The molecule has 2 heterocycles. The maximum Gasteiger partial charge on any atom is 0.217 e. The van der Waals surface area contributed by atoms with Crippen LogP contribution in [0.5, 0.6) is 11.5 Å². The van der Waals surface area contributed by atoms with Crippen LogP contribution < -0.4 is 4.74 Å². The van der Waals surface area contributed by atoms with Gasteiger partial charge in [-0.1, -0.05) is 23.2 Å². The zero-order valence-electron chi connectivity index (χ0n) is 16.0. The van der Waals surface area contributed by atoms with Crippen molar-refractivity contribution in [2.24, 2.45) is 0 Å². The number of thiol groups is 1. The van der Waals surface area contributed by atoms with Gasteiger partial charge in [0, 0.05) is 17.7 Å². The first-order valence-corrected chi connectivity index (χ1v) is 10.3. The molecule has 2 aromatic carbocycles. The largest absolute Gasteiger partial charge is 0.457 e. The van der Waals surface area contributed by atoms with E-state index in [1.165, 1.54) is 6.33 Å². The van der Waals surface area contributed by atoms with Crippen molar-refractivity contribution in [1.29, 1.82) is 0 Å². The van der Waals surface area contributed by atoms with Gasteiger partial charge in [-0.15, -0.1) is 12.6 Å². The third-order valence-corrected chi connectivity index (χ3v) is 5.48. The molecule has 1 aliphatic heterocycles. The number of nitrogens with zero attached hydrogens (tertiary/aromatic N) is 3. The molecule has 158 valence electrons. The summed E-state index contributed by atoms with van der Waals surface area (Å²) in [7, 11) is 1.61. The Balaban J connectivity index is 1.63. The van der Waals surface area contributed by atoms with E-state index in [1.807, 2.05) is 6.07 Å². The number of hydrogen-bond acceptors (Lipinski definition) is 7. The van der Waals surface area contributed by atoms with Gasteiger partial charge in [-0.25, -0.2) is 9.67 Å². The minimum Gasteiger partial charge on any atom is -0.457 e. The summed E-state index contributed by atoms with van der Waals surface area (Å²) in [6, 6.07) is 12.4. The molecule has 2 atom stereocenters. The number of ether oxygens (including phenoxy) is 4. The Hall–Kier alpha value is -1.81. The number of halogens is 2. The maximum absolute atomic E-state index is 6.64. The zero-order chi connectivity index (χ0) is 21.1. The summed E-state index contributed by atoms with van der Waals surface area (Å²) < 4.78 is 25.0. The van der Waals surface area contributed by atoms with Gasteiger partial charge < -0.3 is 18.9 Å². The number of benzene rings is 2. The van der Waals surface area contributed by atoms with Crippen LogP contribution in [0.25, 0.3) is 0 Å². The van der Waals surface area contributed by atoms with Crippen LogP contribution in [0.2, 0.25) is 10.0 Å². The van der Waals surface area contributed by atoms with Gasteiger partial charge in [-0.05, 0) is 42.5 Å². The van der Waals surface area contributed by atoms with Crippen LogP contribution >= 0.6 is 35.8 Å². The number of hydrogen-bond donors (Lipinski definition) is 1. The minimum absolute atomic E-state index is 0.225. The molecule has 0 saturated carbocycles. The van der Waals surface area contributed by atoms with Crippen LogP contribution in [0, 0.1) is 0 Å². The van der Waals surface area contributed by atoms with Gasteiger partial charge >= 0.3 is 0 Å². The highest BCUT2D eigenvalue weighted by molar-refractivity contribution is 7.80. The molecule has 4 rings (SSSR count). The molecule has 30 heavy (non-hydrogen) atoms. The molecule has 1 saturated heterocycles. The summed E-state index contributed by atoms with van der Waals surface area (Å²) in [4.78, 5) is 4.05. The summed E-state index contributed by atoms with van der Waals surface area (Å²) in [6.45, 7) is 0.967. The van der Waals surface area contributed by atoms with Crippen molar-refractivity contribution in [2.45, 2.75) is 23.6 Å². The van der Waals surface area contributed by atoms with Crippen LogP contribution in [0.4, 0.5) is 0 Å². The monoisotopic (exact) mass is 467 g/mol. The van der Waals surface area contributed by atoms with E-state index in [-0.39, 0.29) is 12.6 Å². The van der Waals surface area contributed by atoms with Crippen molar-refractivity contribution in [2.75, 3.05) is 20.3 Å². The van der Waals surface area contributed by atoms with Gasteiger partial charge in [0.05, 0.1) is 18.2 Å². The van der Waals surface area contributed by atoms with E-state index in [2.05, 4.69) is 22.7 Å². The second kappa shape index (κ2) is 9.13. The van der Waals surface area contributed by atoms with E-state index in [9.17, 15) is 0 Å². The SMILES string of the molecule is COCC1COC(Cn2ncnc2S)(c2ccc(Oc3ccc(Cl)cc3)cc2Cl)O1. The highest BCUT2D eigenvalue weighted by atomic mass is 35.5. The third kappa shape index (κ3) is 4.59. The number of rotatable bonds is 7. The average Bonchev–Trinajstić information content (AvgIpc) is 3.31. The van der Waals surface area contributed by atoms with Crippen molar-refractivity contribution in [3.8, 4) is 11.5 Å². The molecule has 2 unspecified atom stereocenters. The highest BCUT2D eigenvalue weighted by Gasteiger charge is 2.45. The van der Waals surface area contributed by atoms with Crippen LogP contribution in [0.15, 0.2) is 53.9 Å². The maximum atomic E-state index is 6.64. The Morgan fingerprint density at radius 3 is 2.63 bits per heavy atom. The van der Waals surface area contributed by atoms with Gasteiger partial charge in [0.25, 0.3) is 0 Å². The third-order valence-electron chi connectivity index (χ3n) is 4.57. The van der Waals surface area contributed by atoms with Crippen molar-refractivity contribution in [3.63, 3.8) is 0 Å². The first kappa shape index (κ1) is 21.4. The lowest BCUT2D eigenvalue weighted by Crippen LogP contribution is -2.35. The summed E-state index contributed by atoms with van der Waals surface area (Å²) in [5.41, 5.74) is 0.648. The first-order chi connectivity index (χ1) is 14.5. The molecular formula is C20H19Cl2N3O4S. The Kier molecular flexibility index (Phi) is 6.52. The fourth-order valence-electron chi connectivity index (χ4n) is 3.22. The standard InChI is InChI=1S/C20H19Cl2N3O4S/c1-26-9-16-10-27-20(29-16,11-25-19(30)23-12-24-25)17-7-6-15(8-18(17)22)28-14-4-2-13(21)3-5-14/h2-8,12,16H,9-11H2,1H3,(H,23,24,30). The normalized spacial score (nSPS) is 21.1. The first-order valence-electron chi connectivity index (χ1n) is 9.10. The summed E-state index contributed by atoms with van der Waals surface area (Å²) in [5, 5.41) is 5.70. The molecular weight excluding hydrogens is 449 g/mol. The lowest BCUT2D eigenvalue weighted by atomic mass is 10.1. The Morgan fingerprint density at radius 1 is 1.20 bits per heavy atom. The van der Waals surface area contributed by atoms with E-state index < -0.39 is 5.79 Å². The summed E-state index contributed by atoms with van der Waals surface area (Å²) >= 11 is 16.9. The topological polar surface area (TPSA) is 67.6 Å². The van der Waals surface area contributed by atoms with Crippen LogP contribution in [-0.4, -0.2) is 41.2 Å². The molecule has 0 amide bonds. The van der Waals surface area contributed by atoms with Gasteiger partial charge in [0.1, 0.15) is 30.5 Å². The molecule has 1 fully saturated rings. The Labute approximate surface area is 189 Å². The van der Waals surface area contributed by atoms with E-state index in [4.69, 9.17) is 42.1 Å². The van der Waals surface area contributed by atoms with Crippen molar-refractivity contribution in [3.05, 3.63) is 64.4 Å². The van der Waals surface area contributed by atoms with Gasteiger partial charge in [0.2, 0.25) is 5.79 Å². The zero-order valence-corrected chi connectivity index (χ0v) is 18.4. The van der Waals surface area contributed by atoms with E-state index in [0.717, 1.165) is 0 Å². The number of methoxy groups -OCH3 is 1. The highest BCUT2D eigenvalue weighted by Crippen LogP contribution is 2.41. The fourth-order valence-corrected chi connectivity index (χ4v) is 3.83. The van der Waals surface area contributed by atoms with Crippen LogP contribution in [0.3, 0.4) is 0 Å². The van der Waals surface area contributed by atoms with Gasteiger partial charge in [-0.3, -0.25) is 0 Å². The van der Waals surface area contributed by atoms with Crippen LogP contribution in [-0.2, 0) is 26.5 Å². The molecule has 3 aromatic rings. The molecule has 7 nitrogen and oxygen atoms in total. The lowest BCUT2D eigenvalue weighted by molar-refractivity contribution is -0.193. The second-order valence-corrected chi connectivity index (χ2v) is 7.92. The quantitative estimate of drug-likeness (QED) is 0.512. The van der Waals surface area contributed by atoms with Crippen molar-refractivity contribution >= 4 is 35.8 Å². The number of aromatic nitrogens is 3. The molecule has 0 N–H and O–H groups in total. The van der Waals surface area contributed by atoms with E-state index in [1.54, 1.807) is 48.2 Å². The smallest absolute Gasteiger partial charge is 0.217 e. The second-order valence-electron chi connectivity index (χ2n) is 6.67. The van der Waals surface area contributed by atoms with Crippen molar-refractivity contribution < 1.29 is 18.9 Å². The van der Waals surface area contributed by atoms with Gasteiger partial charge in [-0.2, -0.15) is 5.10 Å². The predicted octanol–water partition coefficient (Wildman–Crippen LogP) is 4.58. The lowest BCUT2D eigenvalue weighted by Gasteiger charge is -2.29. The summed E-state index contributed by atoms with van der Waals surface area (Å²) in [5.74, 6) is 0.0571. The fraction of sp³-hybridized carbons (Fsp3) is 0.300. The molecule has 1 aliphatic rings. The molecule has 10 heteroatoms. The van der Waals surface area contributed by atoms with E-state index in [0.29, 0.717) is 45.5 Å². The van der Waals surface area contributed by atoms with Crippen LogP contribution in [0.1, 0.15) is 5.56 Å². The molecule has 1 aromatic heterocycles. The van der Waals surface area contributed by atoms with Crippen molar-refractivity contribution in [1.82, 2.24) is 14.8 Å². The Morgan fingerprint density at radius 2 is 1.97 bits per heavy atom. The Bertz CT molecular complexity index is 1020. The minimum atomic E-state index is -1.16. The molecule has 0 aliphatic carbocycles. The van der Waals surface area contributed by atoms with Gasteiger partial charge in [0.15, 0.2) is 5.16 Å². The summed E-state index contributed by atoms with van der Waals surface area (Å²) in [6.07, 6.45) is 1.17. The predicted molar refractivity (Wildman–Crippen MR) is 115 cm³/mol. The van der Waals surface area contributed by atoms with E-state index >= 15 is 0 Å². The average molecular weight is 468 g/mol. The molecule has 0 spiro atoms.